The molecule has 2 rings (SSSR count). The lowest BCUT2D eigenvalue weighted by Crippen LogP contribution is -2.14. The average molecular weight is 232 g/mol. The largest absolute Gasteiger partial charge is 0.478 e. The summed E-state index contributed by atoms with van der Waals surface area (Å²) in [4.78, 5) is 11.1. The van der Waals surface area contributed by atoms with Crippen LogP contribution in [0.15, 0.2) is 24.3 Å². The van der Waals surface area contributed by atoms with Crippen molar-refractivity contribution in [3.8, 4) is 0 Å². The zero-order valence-corrected chi connectivity index (χ0v) is 10.0. The Kier molecular flexibility index (Phi) is 3.15. The van der Waals surface area contributed by atoms with Crippen LogP contribution in [0.5, 0.6) is 0 Å². The van der Waals surface area contributed by atoms with E-state index in [2.05, 4.69) is 5.32 Å². The van der Waals surface area contributed by atoms with Crippen molar-refractivity contribution in [2.24, 2.45) is 7.05 Å². The number of aromatic carboxylic acids is 1. The van der Waals surface area contributed by atoms with Gasteiger partial charge < -0.3 is 15.0 Å². The number of aryl methyl sites for hydroxylation is 1. The van der Waals surface area contributed by atoms with E-state index in [9.17, 15) is 4.79 Å². The van der Waals surface area contributed by atoms with Crippen LogP contribution in [0, 0.1) is 0 Å². The number of nitrogens with one attached hydrogen (secondary N) is 1. The first-order valence-corrected chi connectivity index (χ1v) is 5.66. The molecular weight excluding hydrogens is 216 g/mol. The maximum absolute atomic E-state index is 11.1. The molecular formula is C13H16N2O2. The van der Waals surface area contributed by atoms with Gasteiger partial charge in [0.2, 0.25) is 0 Å². The van der Waals surface area contributed by atoms with Crippen LogP contribution in [-0.2, 0) is 13.6 Å². The van der Waals surface area contributed by atoms with Crippen molar-refractivity contribution >= 4 is 16.9 Å². The smallest absolute Gasteiger partial charge is 0.336 e. The molecule has 4 nitrogen and oxygen atoms in total. The second kappa shape index (κ2) is 4.59. The SMILES string of the molecule is CCNCc1cc2c(C(=O)O)cccc2n1C. The van der Waals surface area contributed by atoms with E-state index in [0.717, 1.165) is 29.7 Å². The number of carboxylic acids is 1. The third-order valence-corrected chi connectivity index (χ3v) is 2.97. The minimum atomic E-state index is -0.879. The summed E-state index contributed by atoms with van der Waals surface area (Å²) in [5.41, 5.74) is 2.41. The second-order valence-electron chi connectivity index (χ2n) is 4.02. The fraction of sp³-hybridized carbons (Fsp3) is 0.308. The molecule has 4 heteroatoms. The summed E-state index contributed by atoms with van der Waals surface area (Å²) in [5, 5.41) is 13.2. The highest BCUT2D eigenvalue weighted by molar-refractivity contribution is 6.03. The van der Waals surface area contributed by atoms with Crippen molar-refractivity contribution in [1.82, 2.24) is 9.88 Å². The highest BCUT2D eigenvalue weighted by Gasteiger charge is 2.12. The Balaban J connectivity index is 2.56. The van der Waals surface area contributed by atoms with Gasteiger partial charge in [0.05, 0.1) is 5.56 Å². The summed E-state index contributed by atoms with van der Waals surface area (Å²) in [5.74, 6) is -0.879. The van der Waals surface area contributed by atoms with Crippen LogP contribution in [-0.4, -0.2) is 22.2 Å². The first-order valence-electron chi connectivity index (χ1n) is 5.66. The maximum atomic E-state index is 11.1. The van der Waals surface area contributed by atoms with E-state index < -0.39 is 5.97 Å². The predicted octanol–water partition coefficient (Wildman–Crippen LogP) is 1.99. The average Bonchev–Trinajstić information content (AvgIpc) is 2.63. The molecule has 90 valence electrons. The molecule has 0 saturated carbocycles. The zero-order chi connectivity index (χ0) is 12.4. The van der Waals surface area contributed by atoms with Crippen molar-refractivity contribution in [2.45, 2.75) is 13.5 Å². The number of carboxylic acid groups (broad SMARTS) is 1. The van der Waals surface area contributed by atoms with Gasteiger partial charge in [0.15, 0.2) is 0 Å². The molecule has 1 aromatic carbocycles. The summed E-state index contributed by atoms with van der Waals surface area (Å²) >= 11 is 0. The second-order valence-corrected chi connectivity index (χ2v) is 4.02. The van der Waals surface area contributed by atoms with E-state index in [-0.39, 0.29) is 0 Å². The van der Waals surface area contributed by atoms with Crippen LogP contribution in [0.3, 0.4) is 0 Å². The minimum absolute atomic E-state index is 0.362. The Morgan fingerprint density at radius 2 is 2.24 bits per heavy atom. The molecule has 0 aliphatic carbocycles. The number of rotatable bonds is 4. The molecule has 17 heavy (non-hydrogen) atoms. The van der Waals surface area contributed by atoms with Gasteiger partial charge in [0, 0.05) is 30.2 Å². The molecule has 0 bridgehead atoms. The molecule has 0 radical (unpaired) electrons. The molecule has 0 amide bonds. The van der Waals surface area contributed by atoms with E-state index in [1.165, 1.54) is 0 Å². The fourth-order valence-electron chi connectivity index (χ4n) is 2.02. The van der Waals surface area contributed by atoms with Gasteiger partial charge in [-0.1, -0.05) is 13.0 Å². The number of nitrogens with zero attached hydrogens (tertiary/aromatic N) is 1. The molecule has 2 aromatic rings. The Labute approximate surface area is 99.9 Å². The molecule has 0 unspecified atom stereocenters. The molecule has 0 fully saturated rings. The lowest BCUT2D eigenvalue weighted by molar-refractivity contribution is 0.0699. The van der Waals surface area contributed by atoms with Gasteiger partial charge in [0.1, 0.15) is 0 Å². The van der Waals surface area contributed by atoms with E-state index >= 15 is 0 Å². The lowest BCUT2D eigenvalue weighted by atomic mass is 10.1. The number of hydrogen-bond donors (Lipinski definition) is 2. The molecule has 0 aliphatic rings. The van der Waals surface area contributed by atoms with Crippen LogP contribution in [0.1, 0.15) is 23.0 Å². The van der Waals surface area contributed by atoms with E-state index in [1.807, 2.05) is 30.7 Å². The Morgan fingerprint density at radius 1 is 1.47 bits per heavy atom. The summed E-state index contributed by atoms with van der Waals surface area (Å²) in [6.07, 6.45) is 0. The minimum Gasteiger partial charge on any atom is -0.478 e. The summed E-state index contributed by atoms with van der Waals surface area (Å²) < 4.78 is 2.03. The van der Waals surface area contributed by atoms with E-state index in [0.29, 0.717) is 5.56 Å². The van der Waals surface area contributed by atoms with Crippen molar-refractivity contribution in [1.29, 1.82) is 0 Å². The van der Waals surface area contributed by atoms with Crippen molar-refractivity contribution < 1.29 is 9.90 Å². The van der Waals surface area contributed by atoms with Crippen LogP contribution in [0.25, 0.3) is 10.9 Å². The number of benzene rings is 1. The molecule has 0 spiro atoms. The van der Waals surface area contributed by atoms with Gasteiger partial charge in [0.25, 0.3) is 0 Å². The molecule has 2 N–H and O–H groups in total. The monoisotopic (exact) mass is 232 g/mol. The standard InChI is InChI=1S/C13H16N2O2/c1-3-14-8-9-7-11-10(13(16)17)5-4-6-12(11)15(9)2/h4-7,14H,3,8H2,1-2H3,(H,16,17). The van der Waals surface area contributed by atoms with Crippen molar-refractivity contribution in [2.75, 3.05) is 6.54 Å². The van der Waals surface area contributed by atoms with E-state index in [1.54, 1.807) is 12.1 Å². The number of hydrogen-bond acceptors (Lipinski definition) is 2. The van der Waals surface area contributed by atoms with Gasteiger partial charge in [-0.15, -0.1) is 0 Å². The Hall–Kier alpha value is -1.81. The van der Waals surface area contributed by atoms with Crippen molar-refractivity contribution in [3.05, 3.63) is 35.5 Å². The van der Waals surface area contributed by atoms with Gasteiger partial charge in [-0.2, -0.15) is 0 Å². The highest BCUT2D eigenvalue weighted by Crippen LogP contribution is 2.22. The first kappa shape index (κ1) is 11.7. The number of carbonyl (C=O) groups is 1. The fourth-order valence-corrected chi connectivity index (χ4v) is 2.02. The van der Waals surface area contributed by atoms with Crippen LogP contribution in [0.4, 0.5) is 0 Å². The molecule has 0 atom stereocenters. The molecule has 1 aromatic heterocycles. The zero-order valence-electron chi connectivity index (χ0n) is 10.0. The Morgan fingerprint density at radius 3 is 2.88 bits per heavy atom. The number of fused-ring (bicyclic) bond motifs is 1. The predicted molar refractivity (Wildman–Crippen MR) is 67.3 cm³/mol. The topological polar surface area (TPSA) is 54.3 Å². The maximum Gasteiger partial charge on any atom is 0.336 e. The molecule has 0 aliphatic heterocycles. The third-order valence-electron chi connectivity index (χ3n) is 2.97. The lowest BCUT2D eigenvalue weighted by Gasteiger charge is -2.04. The summed E-state index contributed by atoms with van der Waals surface area (Å²) in [7, 11) is 1.96. The van der Waals surface area contributed by atoms with Crippen LogP contribution >= 0.6 is 0 Å². The van der Waals surface area contributed by atoms with Gasteiger partial charge in [-0.25, -0.2) is 4.79 Å². The molecule has 1 heterocycles. The quantitative estimate of drug-likeness (QED) is 0.847. The number of aromatic nitrogens is 1. The summed E-state index contributed by atoms with van der Waals surface area (Å²) in [6.45, 7) is 3.69. The molecule has 0 saturated heterocycles. The normalized spacial score (nSPS) is 10.9. The van der Waals surface area contributed by atoms with Gasteiger partial charge in [-0.05, 0) is 24.7 Å². The van der Waals surface area contributed by atoms with Gasteiger partial charge >= 0.3 is 5.97 Å². The van der Waals surface area contributed by atoms with Crippen LogP contribution in [0.2, 0.25) is 0 Å². The van der Waals surface area contributed by atoms with Crippen LogP contribution < -0.4 is 5.32 Å². The summed E-state index contributed by atoms with van der Waals surface area (Å²) in [6, 6.07) is 7.31. The van der Waals surface area contributed by atoms with Gasteiger partial charge in [-0.3, -0.25) is 0 Å². The van der Waals surface area contributed by atoms with E-state index in [4.69, 9.17) is 5.11 Å². The van der Waals surface area contributed by atoms with Crippen molar-refractivity contribution in [3.63, 3.8) is 0 Å². The third kappa shape index (κ3) is 2.03. The first-order chi connectivity index (χ1) is 8.15. The Bertz CT molecular complexity index is 558. The highest BCUT2D eigenvalue weighted by atomic mass is 16.4.